The fourth-order valence-corrected chi connectivity index (χ4v) is 2.76. The van der Waals surface area contributed by atoms with Crippen LogP contribution in [-0.4, -0.2) is 44.0 Å². The number of hydrogen-bond donors (Lipinski definition) is 4. The highest BCUT2D eigenvalue weighted by Gasteiger charge is 2.25. The molecule has 2 aromatic rings. The third-order valence-electron chi connectivity index (χ3n) is 3.82. The molecule has 21 heavy (non-hydrogen) atoms. The lowest BCUT2D eigenvalue weighted by atomic mass is 10.2. The molecule has 0 bridgehead atoms. The maximum Gasteiger partial charge on any atom is 0.151 e. The van der Waals surface area contributed by atoms with Crippen molar-refractivity contribution >= 4 is 16.9 Å². The Morgan fingerprint density at radius 2 is 2.33 bits per heavy atom. The quantitative estimate of drug-likeness (QED) is 0.450. The van der Waals surface area contributed by atoms with E-state index < -0.39 is 0 Å². The SMILES string of the molecule is N/C=C\N(N)C1CCN(Cc2cc3ncnc(N)c3[nH]2)C1. The largest absolute Gasteiger partial charge is 0.403 e. The van der Waals surface area contributed by atoms with Gasteiger partial charge in [-0.05, 0) is 12.5 Å². The molecule has 3 heterocycles. The Morgan fingerprint density at radius 3 is 3.10 bits per heavy atom. The van der Waals surface area contributed by atoms with Gasteiger partial charge >= 0.3 is 0 Å². The monoisotopic (exact) mass is 288 g/mol. The minimum absolute atomic E-state index is 0.291. The van der Waals surface area contributed by atoms with Gasteiger partial charge in [0.05, 0.1) is 11.6 Å². The molecule has 0 spiro atoms. The highest BCUT2D eigenvalue weighted by molar-refractivity contribution is 5.84. The molecule has 1 atom stereocenters. The van der Waals surface area contributed by atoms with Crippen molar-refractivity contribution in [1.29, 1.82) is 0 Å². The molecule has 0 aromatic carbocycles. The summed E-state index contributed by atoms with van der Waals surface area (Å²) in [7, 11) is 0. The number of nitrogens with zero attached hydrogens (tertiary/aromatic N) is 4. The molecule has 0 amide bonds. The van der Waals surface area contributed by atoms with Crippen molar-refractivity contribution in [3.8, 4) is 0 Å². The van der Waals surface area contributed by atoms with Crippen molar-refractivity contribution < 1.29 is 0 Å². The molecule has 1 aliphatic rings. The number of anilines is 1. The lowest BCUT2D eigenvalue weighted by Crippen LogP contribution is -2.38. The predicted octanol–water partition coefficient (Wildman–Crippen LogP) is -0.280. The van der Waals surface area contributed by atoms with Crippen LogP contribution in [0.2, 0.25) is 0 Å². The first-order chi connectivity index (χ1) is 10.2. The highest BCUT2D eigenvalue weighted by Crippen LogP contribution is 2.20. The summed E-state index contributed by atoms with van der Waals surface area (Å²) in [5.74, 6) is 6.40. The van der Waals surface area contributed by atoms with Crippen LogP contribution in [0.3, 0.4) is 0 Å². The Morgan fingerprint density at radius 1 is 1.48 bits per heavy atom. The van der Waals surface area contributed by atoms with Gasteiger partial charge < -0.3 is 21.5 Å². The summed E-state index contributed by atoms with van der Waals surface area (Å²) in [6.07, 6.45) is 5.66. The predicted molar refractivity (Wildman–Crippen MR) is 81.3 cm³/mol. The van der Waals surface area contributed by atoms with Crippen molar-refractivity contribution in [1.82, 2.24) is 24.9 Å². The summed E-state index contributed by atoms with van der Waals surface area (Å²) in [5, 5.41) is 1.68. The van der Waals surface area contributed by atoms with Crippen LogP contribution in [0.5, 0.6) is 0 Å². The minimum atomic E-state index is 0.291. The number of nitrogen functional groups attached to an aromatic ring is 1. The second-order valence-electron chi connectivity index (χ2n) is 5.28. The lowest BCUT2D eigenvalue weighted by Gasteiger charge is -2.22. The summed E-state index contributed by atoms with van der Waals surface area (Å²) in [6, 6.07) is 2.31. The summed E-state index contributed by atoms with van der Waals surface area (Å²) >= 11 is 0. The molecule has 3 rings (SSSR count). The molecule has 0 aliphatic carbocycles. The Kier molecular flexibility index (Phi) is 3.63. The summed E-state index contributed by atoms with van der Waals surface area (Å²) in [6.45, 7) is 2.71. The molecule has 0 saturated carbocycles. The van der Waals surface area contributed by atoms with Crippen LogP contribution in [0.4, 0.5) is 5.82 Å². The van der Waals surface area contributed by atoms with Crippen molar-refractivity contribution in [3.05, 3.63) is 30.5 Å². The van der Waals surface area contributed by atoms with E-state index in [1.54, 1.807) is 11.2 Å². The Hall–Kier alpha value is -2.32. The maximum atomic E-state index is 5.92. The van der Waals surface area contributed by atoms with Crippen molar-refractivity contribution in [2.24, 2.45) is 11.6 Å². The fraction of sp³-hybridized carbons (Fsp3) is 0.385. The van der Waals surface area contributed by atoms with Crippen molar-refractivity contribution in [2.45, 2.75) is 19.0 Å². The summed E-state index contributed by atoms with van der Waals surface area (Å²) < 4.78 is 0. The number of hydrogen-bond acceptors (Lipinski definition) is 7. The van der Waals surface area contributed by atoms with E-state index in [0.717, 1.165) is 42.8 Å². The van der Waals surface area contributed by atoms with Crippen LogP contribution in [0.25, 0.3) is 11.0 Å². The van der Waals surface area contributed by atoms with Crippen LogP contribution in [0, 0.1) is 0 Å². The van der Waals surface area contributed by atoms with Gasteiger partial charge in [0.25, 0.3) is 0 Å². The Labute approximate surface area is 122 Å². The van der Waals surface area contributed by atoms with E-state index in [-0.39, 0.29) is 0 Å². The molecule has 1 aliphatic heterocycles. The number of fused-ring (bicyclic) bond motifs is 1. The zero-order valence-electron chi connectivity index (χ0n) is 11.7. The van der Waals surface area contributed by atoms with E-state index >= 15 is 0 Å². The van der Waals surface area contributed by atoms with Gasteiger partial charge in [-0.25, -0.2) is 15.8 Å². The molecule has 8 nitrogen and oxygen atoms in total. The van der Waals surface area contributed by atoms with Crippen LogP contribution in [0.15, 0.2) is 24.8 Å². The third kappa shape index (κ3) is 2.76. The molecule has 7 N–H and O–H groups in total. The second kappa shape index (κ2) is 5.58. The number of aromatic nitrogens is 3. The van der Waals surface area contributed by atoms with Gasteiger partial charge in [-0.3, -0.25) is 4.90 Å². The Bertz CT molecular complexity index is 649. The number of rotatable bonds is 4. The van der Waals surface area contributed by atoms with E-state index in [4.69, 9.17) is 17.3 Å². The van der Waals surface area contributed by atoms with E-state index in [0.29, 0.717) is 11.9 Å². The van der Waals surface area contributed by atoms with Gasteiger partial charge in [-0.15, -0.1) is 0 Å². The second-order valence-corrected chi connectivity index (χ2v) is 5.28. The molecule has 8 heteroatoms. The molecular formula is C13H20N8. The summed E-state index contributed by atoms with van der Waals surface area (Å²) in [5.41, 5.74) is 13.9. The van der Waals surface area contributed by atoms with Gasteiger partial charge in [0.1, 0.15) is 11.8 Å². The molecule has 0 radical (unpaired) electrons. The van der Waals surface area contributed by atoms with Gasteiger partial charge in [0.15, 0.2) is 5.82 Å². The zero-order chi connectivity index (χ0) is 14.8. The van der Waals surface area contributed by atoms with Gasteiger partial charge in [0.2, 0.25) is 0 Å². The number of aromatic amines is 1. The van der Waals surface area contributed by atoms with Crippen LogP contribution < -0.4 is 17.3 Å². The van der Waals surface area contributed by atoms with Gasteiger partial charge in [-0.1, -0.05) is 0 Å². The van der Waals surface area contributed by atoms with Crippen LogP contribution >= 0.6 is 0 Å². The molecule has 1 unspecified atom stereocenters. The molecule has 112 valence electrons. The molecular weight excluding hydrogens is 268 g/mol. The molecule has 2 aromatic heterocycles. The first-order valence-corrected chi connectivity index (χ1v) is 6.89. The topological polar surface area (TPSA) is 126 Å². The maximum absolute atomic E-state index is 5.92. The van der Waals surface area contributed by atoms with Crippen molar-refractivity contribution in [2.75, 3.05) is 18.8 Å². The van der Waals surface area contributed by atoms with E-state index in [9.17, 15) is 0 Å². The zero-order valence-corrected chi connectivity index (χ0v) is 11.7. The molecule has 1 fully saturated rings. The highest BCUT2D eigenvalue weighted by atomic mass is 15.4. The lowest BCUT2D eigenvalue weighted by molar-refractivity contribution is 0.257. The van der Waals surface area contributed by atoms with E-state index in [1.807, 2.05) is 6.07 Å². The third-order valence-corrected chi connectivity index (χ3v) is 3.82. The molecule has 1 saturated heterocycles. The number of nitrogens with two attached hydrogens (primary N) is 3. The Balaban J connectivity index is 1.68. The summed E-state index contributed by atoms with van der Waals surface area (Å²) in [4.78, 5) is 13.8. The van der Waals surface area contributed by atoms with Crippen LogP contribution in [0.1, 0.15) is 12.1 Å². The number of H-pyrrole nitrogens is 1. The van der Waals surface area contributed by atoms with Crippen molar-refractivity contribution in [3.63, 3.8) is 0 Å². The van der Waals surface area contributed by atoms with E-state index in [2.05, 4.69) is 19.9 Å². The fourth-order valence-electron chi connectivity index (χ4n) is 2.76. The minimum Gasteiger partial charge on any atom is -0.403 e. The average Bonchev–Trinajstić information content (AvgIpc) is 3.07. The number of likely N-dealkylation sites (tertiary alicyclic amines) is 1. The van der Waals surface area contributed by atoms with E-state index in [1.165, 1.54) is 12.5 Å². The van der Waals surface area contributed by atoms with Crippen LogP contribution in [-0.2, 0) is 6.54 Å². The first kappa shape index (κ1) is 13.7. The average molecular weight is 288 g/mol. The standard InChI is InChI=1S/C13H20N8/c14-2-4-21(16)10-1-3-20(7-10)6-9-5-11-12(19-9)13(15)18-8-17-11/h2,4-5,8,10,19H,1,3,6-7,14,16H2,(H2,15,17,18)/b4-2-. The smallest absolute Gasteiger partial charge is 0.151 e. The first-order valence-electron chi connectivity index (χ1n) is 6.89. The normalized spacial score (nSPS) is 19.8. The number of nitrogens with one attached hydrogen (secondary N) is 1. The van der Waals surface area contributed by atoms with Gasteiger partial charge in [0, 0.05) is 37.7 Å². The number of hydrazine groups is 1. The van der Waals surface area contributed by atoms with Gasteiger partial charge in [-0.2, -0.15) is 0 Å².